The van der Waals surface area contributed by atoms with E-state index in [4.69, 9.17) is 4.74 Å². The molecule has 0 N–H and O–H groups in total. The number of thiol groups is 1. The highest BCUT2D eigenvalue weighted by Crippen LogP contribution is 2.20. The summed E-state index contributed by atoms with van der Waals surface area (Å²) >= 11 is 4.44. The lowest BCUT2D eigenvalue weighted by Gasteiger charge is -2.16. The number of rotatable bonds is 7. The van der Waals surface area contributed by atoms with E-state index in [2.05, 4.69) is 68.1 Å². The maximum atomic E-state index is 5.90. The monoisotopic (exact) mass is 286 g/mol. The number of hydrogen-bond donors (Lipinski definition) is 1. The molecule has 0 spiro atoms. The van der Waals surface area contributed by atoms with Gasteiger partial charge in [0.05, 0.1) is 6.61 Å². The second-order valence-electron chi connectivity index (χ2n) is 5.00. The fourth-order valence-corrected chi connectivity index (χ4v) is 2.53. The van der Waals surface area contributed by atoms with Crippen LogP contribution in [0.3, 0.4) is 0 Å². The molecule has 2 rings (SSSR count). The molecule has 2 aromatic rings. The van der Waals surface area contributed by atoms with Crippen molar-refractivity contribution in [3.8, 4) is 5.75 Å². The lowest BCUT2D eigenvalue weighted by atomic mass is 10.0. The van der Waals surface area contributed by atoms with Crippen LogP contribution in [0.25, 0.3) is 0 Å². The molecule has 0 aromatic heterocycles. The van der Waals surface area contributed by atoms with Gasteiger partial charge in [0.25, 0.3) is 0 Å². The summed E-state index contributed by atoms with van der Waals surface area (Å²) in [5.41, 5.74) is 2.65. The van der Waals surface area contributed by atoms with Crippen LogP contribution in [0.5, 0.6) is 5.75 Å². The van der Waals surface area contributed by atoms with Crippen LogP contribution in [0.15, 0.2) is 54.6 Å². The number of hydrogen-bond acceptors (Lipinski definition) is 2. The van der Waals surface area contributed by atoms with Gasteiger partial charge < -0.3 is 4.74 Å². The Morgan fingerprint density at radius 3 is 2.30 bits per heavy atom. The van der Waals surface area contributed by atoms with Crippen molar-refractivity contribution < 1.29 is 4.74 Å². The molecule has 2 aromatic carbocycles. The minimum absolute atomic E-state index is 0.329. The van der Waals surface area contributed by atoms with Gasteiger partial charge in [0, 0.05) is 11.7 Å². The van der Waals surface area contributed by atoms with E-state index in [0.29, 0.717) is 12.5 Å². The molecule has 0 amide bonds. The number of benzene rings is 2. The van der Waals surface area contributed by atoms with Gasteiger partial charge in [-0.25, -0.2) is 0 Å². The van der Waals surface area contributed by atoms with Crippen LogP contribution < -0.4 is 4.74 Å². The summed E-state index contributed by atoms with van der Waals surface area (Å²) < 4.78 is 5.90. The second-order valence-corrected chi connectivity index (χ2v) is 5.36. The summed E-state index contributed by atoms with van der Waals surface area (Å²) in [4.78, 5) is 0. The predicted molar refractivity (Wildman–Crippen MR) is 89.0 cm³/mol. The zero-order chi connectivity index (χ0) is 14.2. The normalized spacial score (nSPS) is 12.1. The molecule has 0 saturated carbocycles. The fraction of sp³-hybridized carbons (Fsp3) is 0.333. The van der Waals surface area contributed by atoms with Gasteiger partial charge in [-0.2, -0.15) is 12.6 Å². The molecule has 0 aliphatic rings. The van der Waals surface area contributed by atoms with Crippen molar-refractivity contribution >= 4 is 12.6 Å². The Kier molecular flexibility index (Phi) is 6.00. The van der Waals surface area contributed by atoms with Crippen molar-refractivity contribution in [2.24, 2.45) is 0 Å². The minimum Gasteiger partial charge on any atom is -0.493 e. The summed E-state index contributed by atoms with van der Waals surface area (Å²) in [6.07, 6.45) is 2.31. The van der Waals surface area contributed by atoms with Gasteiger partial charge in [0.2, 0.25) is 0 Å². The summed E-state index contributed by atoms with van der Waals surface area (Å²) in [7, 11) is 0. The van der Waals surface area contributed by atoms with Gasteiger partial charge in [0.1, 0.15) is 5.75 Å². The average Bonchev–Trinajstić information content (AvgIpc) is 2.51. The van der Waals surface area contributed by atoms with Crippen molar-refractivity contribution in [3.63, 3.8) is 0 Å². The molecule has 1 nitrogen and oxygen atoms in total. The topological polar surface area (TPSA) is 9.23 Å². The molecular formula is C18H22OS. The van der Waals surface area contributed by atoms with Crippen LogP contribution in [0.2, 0.25) is 0 Å². The number of aryl methyl sites for hydroxylation is 1. The fourth-order valence-electron chi connectivity index (χ4n) is 2.22. The molecule has 2 heteroatoms. The highest BCUT2D eigenvalue weighted by molar-refractivity contribution is 7.80. The van der Waals surface area contributed by atoms with Crippen molar-refractivity contribution in [1.82, 2.24) is 0 Å². The average molecular weight is 286 g/mol. The predicted octanol–water partition coefficient (Wildman–Crippen LogP) is 4.73. The highest BCUT2D eigenvalue weighted by atomic mass is 32.1. The third-order valence-corrected chi connectivity index (χ3v) is 3.85. The molecule has 0 bridgehead atoms. The first kappa shape index (κ1) is 15.0. The summed E-state index contributed by atoms with van der Waals surface area (Å²) in [5, 5.41) is 0. The quantitative estimate of drug-likeness (QED) is 0.724. The Bertz CT molecular complexity index is 493. The first-order valence-corrected chi connectivity index (χ1v) is 7.84. The van der Waals surface area contributed by atoms with E-state index in [1.807, 2.05) is 6.07 Å². The standard InChI is InChI=1S/C18H22OS/c1-2-6-15-9-11-18(12-10-15)19-13-17(14-20)16-7-4-3-5-8-16/h3-5,7-12,17,20H,2,6,13-14H2,1H3. The van der Waals surface area contributed by atoms with Gasteiger partial charge in [-0.15, -0.1) is 0 Å². The van der Waals surface area contributed by atoms with E-state index in [1.54, 1.807) is 0 Å². The molecule has 20 heavy (non-hydrogen) atoms. The molecular weight excluding hydrogens is 264 g/mol. The van der Waals surface area contributed by atoms with Gasteiger partial charge in [0.15, 0.2) is 0 Å². The second kappa shape index (κ2) is 8.01. The van der Waals surface area contributed by atoms with Gasteiger partial charge in [-0.05, 0) is 29.7 Å². The van der Waals surface area contributed by atoms with Crippen LogP contribution in [0.4, 0.5) is 0 Å². The van der Waals surface area contributed by atoms with Crippen molar-refractivity contribution in [1.29, 1.82) is 0 Å². The first-order chi connectivity index (χ1) is 9.83. The molecule has 0 fully saturated rings. The molecule has 0 saturated heterocycles. The molecule has 1 atom stereocenters. The summed E-state index contributed by atoms with van der Waals surface area (Å²) in [6, 6.07) is 18.8. The molecule has 0 aliphatic heterocycles. The Labute approximate surface area is 127 Å². The van der Waals surface area contributed by atoms with E-state index in [1.165, 1.54) is 17.5 Å². The minimum atomic E-state index is 0.329. The lowest BCUT2D eigenvalue weighted by molar-refractivity contribution is 0.297. The zero-order valence-corrected chi connectivity index (χ0v) is 12.9. The molecule has 1 unspecified atom stereocenters. The SMILES string of the molecule is CCCc1ccc(OCC(CS)c2ccccc2)cc1. The Balaban J connectivity index is 1.93. The maximum Gasteiger partial charge on any atom is 0.119 e. The van der Waals surface area contributed by atoms with Crippen LogP contribution in [-0.2, 0) is 6.42 Å². The van der Waals surface area contributed by atoms with E-state index in [0.717, 1.165) is 17.9 Å². The molecule has 0 aliphatic carbocycles. The van der Waals surface area contributed by atoms with Crippen molar-refractivity contribution in [2.45, 2.75) is 25.7 Å². The Hall–Kier alpha value is -1.41. The van der Waals surface area contributed by atoms with Gasteiger partial charge in [-0.3, -0.25) is 0 Å². The highest BCUT2D eigenvalue weighted by Gasteiger charge is 2.10. The third-order valence-electron chi connectivity index (χ3n) is 3.40. The summed E-state index contributed by atoms with van der Waals surface area (Å²) in [6.45, 7) is 2.86. The Morgan fingerprint density at radius 1 is 1.00 bits per heavy atom. The van der Waals surface area contributed by atoms with E-state index >= 15 is 0 Å². The van der Waals surface area contributed by atoms with Crippen LogP contribution in [-0.4, -0.2) is 12.4 Å². The van der Waals surface area contributed by atoms with Gasteiger partial charge >= 0.3 is 0 Å². The first-order valence-electron chi connectivity index (χ1n) is 7.21. The van der Waals surface area contributed by atoms with E-state index in [-0.39, 0.29) is 0 Å². The van der Waals surface area contributed by atoms with Gasteiger partial charge in [-0.1, -0.05) is 55.8 Å². The zero-order valence-electron chi connectivity index (χ0n) is 12.0. The molecule has 106 valence electrons. The lowest BCUT2D eigenvalue weighted by Crippen LogP contribution is -2.11. The summed E-state index contributed by atoms with van der Waals surface area (Å²) in [5.74, 6) is 2.06. The third kappa shape index (κ3) is 4.31. The van der Waals surface area contributed by atoms with Crippen molar-refractivity contribution in [2.75, 3.05) is 12.4 Å². The molecule has 0 heterocycles. The van der Waals surface area contributed by atoms with Crippen LogP contribution in [0.1, 0.15) is 30.4 Å². The largest absolute Gasteiger partial charge is 0.493 e. The Morgan fingerprint density at radius 2 is 1.70 bits per heavy atom. The van der Waals surface area contributed by atoms with Crippen molar-refractivity contribution in [3.05, 3.63) is 65.7 Å². The van der Waals surface area contributed by atoms with E-state index in [9.17, 15) is 0 Å². The molecule has 0 radical (unpaired) electrons. The smallest absolute Gasteiger partial charge is 0.119 e. The van der Waals surface area contributed by atoms with E-state index < -0.39 is 0 Å². The number of ether oxygens (including phenoxy) is 1. The van der Waals surface area contributed by atoms with Crippen LogP contribution >= 0.6 is 12.6 Å². The maximum absolute atomic E-state index is 5.90. The van der Waals surface area contributed by atoms with Crippen LogP contribution in [0, 0.1) is 0 Å².